The van der Waals surface area contributed by atoms with Gasteiger partial charge in [-0.1, -0.05) is 42.0 Å². The molecule has 0 saturated carbocycles. The molecule has 1 atom stereocenters. The van der Waals surface area contributed by atoms with Crippen molar-refractivity contribution in [3.8, 4) is 11.5 Å². The molecule has 2 N–H and O–H groups in total. The maximum absolute atomic E-state index is 6.35. The molecule has 3 heteroatoms. The van der Waals surface area contributed by atoms with Crippen LogP contribution in [-0.4, -0.2) is 14.2 Å². The SMILES string of the molecule is COc1cccc(C(N)c2cccc(C)c2)c1OC. The summed E-state index contributed by atoms with van der Waals surface area (Å²) in [5.41, 5.74) is 9.52. The molecule has 0 spiro atoms. The predicted octanol–water partition coefficient (Wildman–Crippen LogP) is 3.06. The summed E-state index contributed by atoms with van der Waals surface area (Å²) >= 11 is 0. The second kappa shape index (κ2) is 5.76. The van der Waals surface area contributed by atoms with E-state index in [2.05, 4.69) is 19.1 Å². The Hall–Kier alpha value is -2.00. The zero-order valence-electron chi connectivity index (χ0n) is 11.5. The fourth-order valence-electron chi connectivity index (χ4n) is 2.20. The molecular formula is C16H19NO2. The highest BCUT2D eigenvalue weighted by atomic mass is 16.5. The molecule has 0 aliphatic rings. The third-order valence-electron chi connectivity index (χ3n) is 3.17. The van der Waals surface area contributed by atoms with Gasteiger partial charge < -0.3 is 15.2 Å². The average molecular weight is 257 g/mol. The van der Waals surface area contributed by atoms with Crippen LogP contribution in [0.25, 0.3) is 0 Å². The quantitative estimate of drug-likeness (QED) is 0.915. The van der Waals surface area contributed by atoms with Crippen LogP contribution in [0.4, 0.5) is 0 Å². The van der Waals surface area contributed by atoms with Gasteiger partial charge in [0.1, 0.15) is 0 Å². The van der Waals surface area contributed by atoms with E-state index in [1.807, 2.05) is 30.3 Å². The van der Waals surface area contributed by atoms with Crippen molar-refractivity contribution in [2.24, 2.45) is 5.73 Å². The van der Waals surface area contributed by atoms with Crippen LogP contribution in [0.15, 0.2) is 42.5 Å². The highest BCUT2D eigenvalue weighted by Gasteiger charge is 2.17. The lowest BCUT2D eigenvalue weighted by Crippen LogP contribution is -2.13. The lowest BCUT2D eigenvalue weighted by atomic mass is 9.97. The number of aryl methyl sites for hydroxylation is 1. The number of rotatable bonds is 4. The number of nitrogens with two attached hydrogens (primary N) is 1. The van der Waals surface area contributed by atoms with E-state index in [0.717, 1.165) is 11.1 Å². The summed E-state index contributed by atoms with van der Waals surface area (Å²) in [6.07, 6.45) is 0. The van der Waals surface area contributed by atoms with Crippen molar-refractivity contribution in [2.45, 2.75) is 13.0 Å². The Kier molecular flexibility index (Phi) is 4.07. The van der Waals surface area contributed by atoms with Gasteiger partial charge in [-0.3, -0.25) is 0 Å². The Bertz CT molecular complexity index is 566. The normalized spacial score (nSPS) is 12.0. The van der Waals surface area contributed by atoms with Crippen LogP contribution in [0.1, 0.15) is 22.7 Å². The van der Waals surface area contributed by atoms with Gasteiger partial charge >= 0.3 is 0 Å². The Labute approximate surface area is 114 Å². The number of hydrogen-bond acceptors (Lipinski definition) is 3. The van der Waals surface area contributed by atoms with Gasteiger partial charge in [0.2, 0.25) is 0 Å². The van der Waals surface area contributed by atoms with E-state index in [0.29, 0.717) is 11.5 Å². The monoisotopic (exact) mass is 257 g/mol. The highest BCUT2D eigenvalue weighted by molar-refractivity contribution is 5.50. The number of ether oxygens (including phenoxy) is 2. The number of benzene rings is 2. The smallest absolute Gasteiger partial charge is 0.165 e. The second-order valence-corrected chi connectivity index (χ2v) is 4.47. The van der Waals surface area contributed by atoms with E-state index < -0.39 is 0 Å². The minimum atomic E-state index is -0.232. The number of hydrogen-bond donors (Lipinski definition) is 1. The first-order valence-electron chi connectivity index (χ1n) is 6.20. The molecular weight excluding hydrogens is 238 g/mol. The zero-order chi connectivity index (χ0) is 13.8. The van der Waals surface area contributed by atoms with E-state index in [1.165, 1.54) is 5.56 Å². The third-order valence-corrected chi connectivity index (χ3v) is 3.17. The topological polar surface area (TPSA) is 44.5 Å². The van der Waals surface area contributed by atoms with E-state index in [9.17, 15) is 0 Å². The van der Waals surface area contributed by atoms with Crippen LogP contribution in [-0.2, 0) is 0 Å². The Balaban J connectivity index is 2.46. The lowest BCUT2D eigenvalue weighted by molar-refractivity contribution is 0.350. The van der Waals surface area contributed by atoms with Gasteiger partial charge in [0, 0.05) is 5.56 Å². The molecule has 0 bridgehead atoms. The largest absolute Gasteiger partial charge is 0.493 e. The van der Waals surface area contributed by atoms with Crippen molar-refractivity contribution >= 4 is 0 Å². The molecule has 0 amide bonds. The predicted molar refractivity (Wildman–Crippen MR) is 76.8 cm³/mol. The molecule has 0 aliphatic carbocycles. The first-order valence-corrected chi connectivity index (χ1v) is 6.20. The van der Waals surface area contributed by atoms with Crippen molar-refractivity contribution in [2.75, 3.05) is 14.2 Å². The van der Waals surface area contributed by atoms with Crippen molar-refractivity contribution in [1.82, 2.24) is 0 Å². The van der Waals surface area contributed by atoms with E-state index in [1.54, 1.807) is 14.2 Å². The molecule has 19 heavy (non-hydrogen) atoms. The zero-order valence-corrected chi connectivity index (χ0v) is 11.5. The van der Waals surface area contributed by atoms with Gasteiger partial charge in [0.15, 0.2) is 11.5 Å². The summed E-state index contributed by atoms with van der Waals surface area (Å²) in [6.45, 7) is 2.05. The summed E-state index contributed by atoms with van der Waals surface area (Å²) in [5.74, 6) is 1.39. The fourth-order valence-corrected chi connectivity index (χ4v) is 2.20. The molecule has 0 fully saturated rings. The first kappa shape index (κ1) is 13.4. The molecule has 0 aromatic heterocycles. The molecule has 100 valence electrons. The molecule has 3 nitrogen and oxygen atoms in total. The molecule has 0 heterocycles. The van der Waals surface area contributed by atoms with Crippen molar-refractivity contribution in [1.29, 1.82) is 0 Å². The first-order chi connectivity index (χ1) is 9.17. The van der Waals surface area contributed by atoms with E-state index >= 15 is 0 Å². The maximum Gasteiger partial charge on any atom is 0.165 e. The Morgan fingerprint density at radius 2 is 1.74 bits per heavy atom. The summed E-state index contributed by atoms with van der Waals surface area (Å²) in [5, 5.41) is 0. The van der Waals surface area contributed by atoms with Gasteiger partial charge in [-0.25, -0.2) is 0 Å². The van der Waals surface area contributed by atoms with Crippen LogP contribution in [0, 0.1) is 6.92 Å². The summed E-state index contributed by atoms with van der Waals surface area (Å²) < 4.78 is 10.7. The fraction of sp³-hybridized carbons (Fsp3) is 0.250. The summed E-state index contributed by atoms with van der Waals surface area (Å²) in [6, 6.07) is 13.7. The van der Waals surface area contributed by atoms with Crippen LogP contribution in [0.2, 0.25) is 0 Å². The summed E-state index contributed by atoms with van der Waals surface area (Å²) in [4.78, 5) is 0. The standard InChI is InChI=1S/C16H19NO2/c1-11-6-4-7-12(10-11)15(17)13-8-5-9-14(18-2)16(13)19-3/h4-10,15H,17H2,1-3H3. The number of methoxy groups -OCH3 is 2. The van der Waals surface area contributed by atoms with Gasteiger partial charge in [-0.05, 0) is 18.6 Å². The van der Waals surface area contributed by atoms with Gasteiger partial charge in [-0.2, -0.15) is 0 Å². The minimum absolute atomic E-state index is 0.232. The van der Waals surface area contributed by atoms with Crippen molar-refractivity contribution in [3.63, 3.8) is 0 Å². The molecule has 1 unspecified atom stereocenters. The molecule has 0 saturated heterocycles. The average Bonchev–Trinajstić information content (AvgIpc) is 2.45. The van der Waals surface area contributed by atoms with Gasteiger partial charge in [-0.15, -0.1) is 0 Å². The Morgan fingerprint density at radius 3 is 2.37 bits per heavy atom. The minimum Gasteiger partial charge on any atom is -0.493 e. The lowest BCUT2D eigenvalue weighted by Gasteiger charge is -2.18. The number of para-hydroxylation sites is 1. The van der Waals surface area contributed by atoms with E-state index in [4.69, 9.17) is 15.2 Å². The molecule has 2 rings (SSSR count). The molecule has 0 aliphatic heterocycles. The molecule has 2 aromatic rings. The van der Waals surface area contributed by atoms with Crippen molar-refractivity contribution < 1.29 is 9.47 Å². The van der Waals surface area contributed by atoms with Crippen LogP contribution < -0.4 is 15.2 Å². The molecule has 0 radical (unpaired) electrons. The highest BCUT2D eigenvalue weighted by Crippen LogP contribution is 2.36. The van der Waals surface area contributed by atoms with Crippen molar-refractivity contribution in [3.05, 3.63) is 59.2 Å². The Morgan fingerprint density at radius 1 is 1.00 bits per heavy atom. The van der Waals surface area contributed by atoms with E-state index in [-0.39, 0.29) is 6.04 Å². The van der Waals surface area contributed by atoms with Crippen LogP contribution in [0.3, 0.4) is 0 Å². The van der Waals surface area contributed by atoms with Crippen LogP contribution >= 0.6 is 0 Å². The van der Waals surface area contributed by atoms with Crippen LogP contribution in [0.5, 0.6) is 11.5 Å². The summed E-state index contributed by atoms with van der Waals surface area (Å²) in [7, 11) is 3.25. The van der Waals surface area contributed by atoms with Gasteiger partial charge in [0.05, 0.1) is 20.3 Å². The molecule has 2 aromatic carbocycles. The van der Waals surface area contributed by atoms with Gasteiger partial charge in [0.25, 0.3) is 0 Å². The third kappa shape index (κ3) is 2.71. The maximum atomic E-state index is 6.35. The second-order valence-electron chi connectivity index (χ2n) is 4.47.